The van der Waals surface area contributed by atoms with E-state index >= 15 is 0 Å². The number of hydrogen-bond donors (Lipinski definition) is 1. The first-order chi connectivity index (χ1) is 8.81. The SMILES string of the molecule is Fc1ccc(-c2nnc(NC3=NCCC3)o2)cc1. The van der Waals surface area contributed by atoms with Crippen LogP contribution in [-0.4, -0.2) is 22.6 Å². The molecule has 1 aliphatic heterocycles. The second kappa shape index (κ2) is 4.56. The molecule has 1 N–H and O–H groups in total. The van der Waals surface area contributed by atoms with Crippen LogP contribution in [0.5, 0.6) is 0 Å². The second-order valence-corrected chi connectivity index (χ2v) is 3.98. The van der Waals surface area contributed by atoms with Crippen LogP contribution in [0.4, 0.5) is 10.4 Å². The minimum absolute atomic E-state index is 0.295. The summed E-state index contributed by atoms with van der Waals surface area (Å²) in [6.45, 7) is 0.835. The number of benzene rings is 1. The van der Waals surface area contributed by atoms with E-state index in [4.69, 9.17) is 4.42 Å². The Kier molecular flexibility index (Phi) is 2.76. The van der Waals surface area contributed by atoms with Gasteiger partial charge < -0.3 is 4.42 Å². The lowest BCUT2D eigenvalue weighted by Crippen LogP contribution is -2.08. The van der Waals surface area contributed by atoms with Gasteiger partial charge in [-0.3, -0.25) is 10.3 Å². The molecule has 0 spiro atoms. The van der Waals surface area contributed by atoms with Crippen LogP contribution < -0.4 is 5.32 Å². The van der Waals surface area contributed by atoms with E-state index in [1.165, 1.54) is 12.1 Å². The van der Waals surface area contributed by atoms with E-state index in [1.807, 2.05) is 0 Å². The summed E-state index contributed by atoms with van der Waals surface area (Å²) in [6, 6.07) is 6.22. The summed E-state index contributed by atoms with van der Waals surface area (Å²) in [5.74, 6) is 0.928. The average Bonchev–Trinajstić information content (AvgIpc) is 3.02. The topological polar surface area (TPSA) is 63.3 Å². The van der Waals surface area contributed by atoms with E-state index in [9.17, 15) is 4.39 Å². The summed E-state index contributed by atoms with van der Waals surface area (Å²) in [4.78, 5) is 4.25. The van der Waals surface area contributed by atoms with Crippen molar-refractivity contribution >= 4 is 11.9 Å². The monoisotopic (exact) mass is 246 g/mol. The summed E-state index contributed by atoms with van der Waals surface area (Å²) in [5.41, 5.74) is 0.685. The fraction of sp³-hybridized carbons (Fsp3) is 0.250. The lowest BCUT2D eigenvalue weighted by molar-refractivity contribution is 0.587. The van der Waals surface area contributed by atoms with Crippen molar-refractivity contribution in [2.24, 2.45) is 4.99 Å². The maximum Gasteiger partial charge on any atom is 0.321 e. The quantitative estimate of drug-likeness (QED) is 0.884. The maximum absolute atomic E-state index is 12.8. The number of aliphatic imine (C=N–C) groups is 1. The van der Waals surface area contributed by atoms with Gasteiger partial charge in [0.15, 0.2) is 0 Å². The van der Waals surface area contributed by atoms with Crippen molar-refractivity contribution in [2.45, 2.75) is 12.8 Å². The Balaban J connectivity index is 1.78. The van der Waals surface area contributed by atoms with Crippen LogP contribution in [0.1, 0.15) is 12.8 Å². The Hall–Kier alpha value is -2.24. The standard InChI is InChI=1S/C12H11FN4O/c13-9-5-3-8(4-6-9)11-16-17-12(18-11)15-10-2-1-7-14-10/h3-6H,1-2,7H2,(H,14,15,17). The van der Waals surface area contributed by atoms with Gasteiger partial charge in [0.05, 0.1) is 0 Å². The number of nitrogens with one attached hydrogen (secondary N) is 1. The predicted molar refractivity (Wildman–Crippen MR) is 64.9 cm³/mol. The van der Waals surface area contributed by atoms with Gasteiger partial charge in [-0.05, 0) is 30.7 Å². The van der Waals surface area contributed by atoms with Gasteiger partial charge in [0, 0.05) is 18.5 Å². The van der Waals surface area contributed by atoms with Gasteiger partial charge in [-0.2, -0.15) is 0 Å². The lowest BCUT2D eigenvalue weighted by atomic mass is 10.2. The van der Waals surface area contributed by atoms with Crippen molar-refractivity contribution in [1.29, 1.82) is 0 Å². The number of hydrogen-bond acceptors (Lipinski definition) is 5. The average molecular weight is 246 g/mol. The molecule has 0 atom stereocenters. The summed E-state index contributed by atoms with van der Waals surface area (Å²) in [7, 11) is 0. The Labute approximate surface area is 103 Å². The molecular formula is C12H11FN4O. The summed E-state index contributed by atoms with van der Waals surface area (Å²) < 4.78 is 18.2. The van der Waals surface area contributed by atoms with Gasteiger partial charge in [0.2, 0.25) is 5.89 Å². The molecule has 92 valence electrons. The molecule has 0 unspecified atom stereocenters. The number of nitrogens with zero attached hydrogens (tertiary/aromatic N) is 3. The van der Waals surface area contributed by atoms with Gasteiger partial charge in [-0.15, -0.1) is 5.10 Å². The zero-order valence-electron chi connectivity index (χ0n) is 9.56. The molecule has 0 saturated heterocycles. The third kappa shape index (κ3) is 2.22. The zero-order valence-corrected chi connectivity index (χ0v) is 9.56. The molecule has 1 aromatic heterocycles. The fourth-order valence-corrected chi connectivity index (χ4v) is 1.75. The number of anilines is 1. The summed E-state index contributed by atoms with van der Waals surface area (Å²) in [5, 5.41) is 10.8. The van der Waals surface area contributed by atoms with Gasteiger partial charge >= 0.3 is 6.01 Å². The Morgan fingerprint density at radius 3 is 2.72 bits per heavy atom. The second-order valence-electron chi connectivity index (χ2n) is 3.98. The first-order valence-electron chi connectivity index (χ1n) is 5.71. The number of rotatable bonds is 2. The molecule has 6 heteroatoms. The van der Waals surface area contributed by atoms with Crippen molar-refractivity contribution in [3.63, 3.8) is 0 Å². The lowest BCUT2D eigenvalue weighted by Gasteiger charge is -1.98. The minimum atomic E-state index is -0.295. The van der Waals surface area contributed by atoms with Gasteiger partial charge in [0.25, 0.3) is 0 Å². The van der Waals surface area contributed by atoms with E-state index in [0.29, 0.717) is 17.5 Å². The third-order valence-electron chi connectivity index (χ3n) is 2.64. The van der Waals surface area contributed by atoms with Crippen molar-refractivity contribution < 1.29 is 8.81 Å². The van der Waals surface area contributed by atoms with Crippen LogP contribution in [0.15, 0.2) is 33.7 Å². The van der Waals surface area contributed by atoms with E-state index in [2.05, 4.69) is 20.5 Å². The largest absolute Gasteiger partial charge is 0.403 e. The number of amidine groups is 1. The van der Waals surface area contributed by atoms with Crippen LogP contribution >= 0.6 is 0 Å². The van der Waals surface area contributed by atoms with E-state index in [1.54, 1.807) is 12.1 Å². The minimum Gasteiger partial charge on any atom is -0.403 e. The molecule has 1 aromatic carbocycles. The highest BCUT2D eigenvalue weighted by Crippen LogP contribution is 2.20. The number of aromatic nitrogens is 2. The Morgan fingerprint density at radius 2 is 2.00 bits per heavy atom. The maximum atomic E-state index is 12.8. The fourth-order valence-electron chi connectivity index (χ4n) is 1.75. The van der Waals surface area contributed by atoms with E-state index in [-0.39, 0.29) is 5.82 Å². The van der Waals surface area contributed by atoms with Crippen molar-refractivity contribution in [2.75, 3.05) is 11.9 Å². The Bertz CT molecular complexity index is 576. The molecule has 2 heterocycles. The van der Waals surface area contributed by atoms with E-state index < -0.39 is 0 Å². The highest BCUT2D eigenvalue weighted by molar-refractivity contribution is 5.94. The molecule has 0 fully saturated rings. The first kappa shape index (κ1) is 10.9. The molecule has 3 rings (SSSR count). The molecule has 0 amide bonds. The van der Waals surface area contributed by atoms with Gasteiger partial charge in [-0.1, -0.05) is 5.10 Å². The molecule has 2 aromatic rings. The van der Waals surface area contributed by atoms with Gasteiger partial charge in [0.1, 0.15) is 11.7 Å². The molecule has 0 radical (unpaired) electrons. The summed E-state index contributed by atoms with van der Waals surface area (Å²) in [6.07, 6.45) is 1.94. The van der Waals surface area contributed by atoms with Crippen LogP contribution in [0.3, 0.4) is 0 Å². The van der Waals surface area contributed by atoms with Gasteiger partial charge in [-0.25, -0.2) is 4.39 Å². The van der Waals surface area contributed by atoms with Crippen molar-refractivity contribution in [1.82, 2.24) is 10.2 Å². The van der Waals surface area contributed by atoms with Crippen molar-refractivity contribution in [3.8, 4) is 11.5 Å². The van der Waals surface area contributed by atoms with Crippen molar-refractivity contribution in [3.05, 3.63) is 30.1 Å². The Morgan fingerprint density at radius 1 is 1.17 bits per heavy atom. The first-order valence-corrected chi connectivity index (χ1v) is 5.71. The third-order valence-corrected chi connectivity index (χ3v) is 2.64. The molecular weight excluding hydrogens is 235 g/mol. The zero-order chi connectivity index (χ0) is 12.4. The molecule has 0 aliphatic carbocycles. The molecule has 0 bridgehead atoms. The van der Waals surface area contributed by atoms with Crippen LogP contribution in [-0.2, 0) is 0 Å². The summed E-state index contributed by atoms with van der Waals surface area (Å²) >= 11 is 0. The molecule has 18 heavy (non-hydrogen) atoms. The van der Waals surface area contributed by atoms with E-state index in [0.717, 1.165) is 25.2 Å². The van der Waals surface area contributed by atoms with Crippen LogP contribution in [0.2, 0.25) is 0 Å². The molecule has 0 saturated carbocycles. The molecule has 1 aliphatic rings. The highest BCUT2D eigenvalue weighted by Gasteiger charge is 2.12. The highest BCUT2D eigenvalue weighted by atomic mass is 19.1. The molecule has 5 nitrogen and oxygen atoms in total. The normalized spacial score (nSPS) is 14.6. The van der Waals surface area contributed by atoms with Crippen LogP contribution in [0, 0.1) is 5.82 Å². The number of halogens is 1. The van der Waals surface area contributed by atoms with Crippen LogP contribution in [0.25, 0.3) is 11.5 Å². The smallest absolute Gasteiger partial charge is 0.321 e. The predicted octanol–water partition coefficient (Wildman–Crippen LogP) is 2.48.